The molecular weight excluding hydrogens is 244 g/mol. The Morgan fingerprint density at radius 3 is 3.06 bits per heavy atom. The Labute approximate surface area is 112 Å². The SMILES string of the molecule is Cc1ccc2c(c1)C(Nc1cnccc1Cl)CC2. The predicted octanol–water partition coefficient (Wildman–Crippen LogP) is 4.14. The smallest absolute Gasteiger partial charge is 0.0720 e. The molecule has 18 heavy (non-hydrogen) atoms. The number of rotatable bonds is 2. The molecule has 2 nitrogen and oxygen atoms in total. The van der Waals surface area contributed by atoms with Crippen molar-refractivity contribution in [2.75, 3.05) is 5.32 Å². The molecule has 3 rings (SSSR count). The molecule has 0 aliphatic heterocycles. The monoisotopic (exact) mass is 258 g/mol. The molecule has 2 aromatic rings. The number of fused-ring (bicyclic) bond motifs is 1. The highest BCUT2D eigenvalue weighted by Gasteiger charge is 2.22. The first-order valence-corrected chi connectivity index (χ1v) is 6.57. The Morgan fingerprint density at radius 2 is 2.22 bits per heavy atom. The average Bonchev–Trinajstić information content (AvgIpc) is 2.75. The zero-order chi connectivity index (χ0) is 12.5. The molecule has 0 amide bonds. The standard InChI is InChI=1S/C15H15ClN2/c1-10-2-3-11-4-5-14(12(11)8-10)18-15-9-17-7-6-13(15)16/h2-3,6-9,14,18H,4-5H2,1H3. The number of hydrogen-bond donors (Lipinski definition) is 1. The molecule has 0 saturated heterocycles. The maximum Gasteiger partial charge on any atom is 0.0720 e. The lowest BCUT2D eigenvalue weighted by atomic mass is 10.0. The summed E-state index contributed by atoms with van der Waals surface area (Å²) >= 11 is 6.16. The Bertz CT molecular complexity index is 580. The summed E-state index contributed by atoms with van der Waals surface area (Å²) in [4.78, 5) is 4.11. The topological polar surface area (TPSA) is 24.9 Å². The lowest BCUT2D eigenvalue weighted by molar-refractivity contribution is 0.761. The van der Waals surface area contributed by atoms with Crippen molar-refractivity contribution in [2.45, 2.75) is 25.8 Å². The van der Waals surface area contributed by atoms with Gasteiger partial charge in [-0.05, 0) is 37.0 Å². The van der Waals surface area contributed by atoms with Crippen molar-refractivity contribution in [2.24, 2.45) is 0 Å². The van der Waals surface area contributed by atoms with E-state index in [1.165, 1.54) is 16.7 Å². The Morgan fingerprint density at radius 1 is 1.33 bits per heavy atom. The molecule has 1 aliphatic carbocycles. The average molecular weight is 259 g/mol. The van der Waals surface area contributed by atoms with Crippen LogP contribution >= 0.6 is 11.6 Å². The molecule has 0 bridgehead atoms. The molecule has 0 spiro atoms. The molecule has 3 heteroatoms. The van der Waals surface area contributed by atoms with Crippen molar-refractivity contribution in [1.29, 1.82) is 0 Å². The van der Waals surface area contributed by atoms with Gasteiger partial charge in [-0.2, -0.15) is 0 Å². The van der Waals surface area contributed by atoms with Gasteiger partial charge in [0.2, 0.25) is 0 Å². The van der Waals surface area contributed by atoms with Gasteiger partial charge in [0.15, 0.2) is 0 Å². The van der Waals surface area contributed by atoms with E-state index in [0.29, 0.717) is 6.04 Å². The van der Waals surface area contributed by atoms with Crippen LogP contribution in [0.1, 0.15) is 29.2 Å². The van der Waals surface area contributed by atoms with Gasteiger partial charge in [0.05, 0.1) is 22.9 Å². The van der Waals surface area contributed by atoms with E-state index in [1.54, 1.807) is 12.4 Å². The molecule has 1 N–H and O–H groups in total. The first-order valence-electron chi connectivity index (χ1n) is 6.19. The molecule has 1 aromatic heterocycles. The minimum atomic E-state index is 0.349. The zero-order valence-corrected chi connectivity index (χ0v) is 11.0. The number of benzene rings is 1. The van der Waals surface area contributed by atoms with Gasteiger partial charge in [0.1, 0.15) is 0 Å². The second-order valence-electron chi connectivity index (χ2n) is 4.79. The van der Waals surface area contributed by atoms with Gasteiger partial charge < -0.3 is 5.32 Å². The third kappa shape index (κ3) is 2.08. The molecule has 1 unspecified atom stereocenters. The van der Waals surface area contributed by atoms with Gasteiger partial charge >= 0.3 is 0 Å². The first kappa shape index (κ1) is 11.5. The summed E-state index contributed by atoms with van der Waals surface area (Å²) in [5, 5.41) is 4.23. The van der Waals surface area contributed by atoms with Crippen LogP contribution < -0.4 is 5.32 Å². The molecule has 1 heterocycles. The normalized spacial score (nSPS) is 17.6. The van der Waals surface area contributed by atoms with E-state index in [0.717, 1.165) is 23.6 Å². The van der Waals surface area contributed by atoms with Crippen LogP contribution in [0, 0.1) is 6.92 Å². The summed E-state index contributed by atoms with van der Waals surface area (Å²) in [7, 11) is 0. The fraction of sp³-hybridized carbons (Fsp3) is 0.267. The second kappa shape index (κ2) is 4.62. The minimum absolute atomic E-state index is 0.349. The van der Waals surface area contributed by atoms with Crippen molar-refractivity contribution in [1.82, 2.24) is 4.98 Å². The van der Waals surface area contributed by atoms with E-state index < -0.39 is 0 Å². The van der Waals surface area contributed by atoms with Crippen LogP contribution in [0.25, 0.3) is 0 Å². The quantitative estimate of drug-likeness (QED) is 0.876. The highest BCUT2D eigenvalue weighted by Crippen LogP contribution is 2.35. The third-order valence-electron chi connectivity index (χ3n) is 3.48. The minimum Gasteiger partial charge on any atom is -0.376 e. The van der Waals surface area contributed by atoms with Crippen molar-refractivity contribution in [3.8, 4) is 0 Å². The Hall–Kier alpha value is -1.54. The predicted molar refractivity (Wildman–Crippen MR) is 75.1 cm³/mol. The summed E-state index contributed by atoms with van der Waals surface area (Å²) in [5.74, 6) is 0. The van der Waals surface area contributed by atoms with Crippen molar-refractivity contribution >= 4 is 17.3 Å². The molecule has 0 fully saturated rings. The van der Waals surface area contributed by atoms with Gasteiger partial charge in [-0.25, -0.2) is 0 Å². The van der Waals surface area contributed by atoms with Crippen LogP contribution in [0.3, 0.4) is 0 Å². The van der Waals surface area contributed by atoms with E-state index >= 15 is 0 Å². The van der Waals surface area contributed by atoms with Crippen LogP contribution in [0.4, 0.5) is 5.69 Å². The fourth-order valence-corrected chi connectivity index (χ4v) is 2.70. The molecular formula is C15H15ClN2. The largest absolute Gasteiger partial charge is 0.376 e. The van der Waals surface area contributed by atoms with Crippen LogP contribution in [-0.2, 0) is 6.42 Å². The summed E-state index contributed by atoms with van der Waals surface area (Å²) < 4.78 is 0. The second-order valence-corrected chi connectivity index (χ2v) is 5.20. The number of aryl methyl sites for hydroxylation is 2. The molecule has 1 aliphatic rings. The summed E-state index contributed by atoms with van der Waals surface area (Å²) in [5.41, 5.74) is 5.06. The maximum atomic E-state index is 6.16. The molecule has 1 atom stereocenters. The lowest BCUT2D eigenvalue weighted by Crippen LogP contribution is -2.07. The summed E-state index contributed by atoms with van der Waals surface area (Å²) in [6.45, 7) is 2.13. The number of nitrogens with zero attached hydrogens (tertiary/aromatic N) is 1. The number of nitrogens with one attached hydrogen (secondary N) is 1. The van der Waals surface area contributed by atoms with Gasteiger partial charge in [-0.15, -0.1) is 0 Å². The summed E-state index contributed by atoms with van der Waals surface area (Å²) in [6.07, 6.45) is 5.74. The van der Waals surface area contributed by atoms with Gasteiger partial charge in [-0.3, -0.25) is 4.98 Å². The highest BCUT2D eigenvalue weighted by atomic mass is 35.5. The van der Waals surface area contributed by atoms with Crippen LogP contribution in [0.15, 0.2) is 36.7 Å². The number of pyridine rings is 1. The van der Waals surface area contributed by atoms with Crippen molar-refractivity contribution < 1.29 is 0 Å². The van der Waals surface area contributed by atoms with E-state index in [4.69, 9.17) is 11.6 Å². The number of hydrogen-bond acceptors (Lipinski definition) is 2. The van der Waals surface area contributed by atoms with E-state index in [9.17, 15) is 0 Å². The first-order chi connectivity index (χ1) is 8.74. The van der Waals surface area contributed by atoms with Crippen LogP contribution in [0.2, 0.25) is 5.02 Å². The highest BCUT2D eigenvalue weighted by molar-refractivity contribution is 6.33. The van der Waals surface area contributed by atoms with E-state index in [2.05, 4.69) is 35.4 Å². The van der Waals surface area contributed by atoms with Gasteiger partial charge in [0.25, 0.3) is 0 Å². The molecule has 92 valence electrons. The van der Waals surface area contributed by atoms with E-state index in [-0.39, 0.29) is 0 Å². The number of halogens is 1. The van der Waals surface area contributed by atoms with E-state index in [1.807, 2.05) is 6.07 Å². The van der Waals surface area contributed by atoms with Gasteiger partial charge in [-0.1, -0.05) is 35.4 Å². The third-order valence-corrected chi connectivity index (χ3v) is 3.81. The maximum absolute atomic E-state index is 6.16. The van der Waals surface area contributed by atoms with Crippen molar-refractivity contribution in [3.63, 3.8) is 0 Å². The fourth-order valence-electron chi connectivity index (χ4n) is 2.54. The Balaban J connectivity index is 1.89. The zero-order valence-electron chi connectivity index (χ0n) is 10.3. The van der Waals surface area contributed by atoms with Crippen molar-refractivity contribution in [3.05, 3.63) is 58.4 Å². The lowest BCUT2D eigenvalue weighted by Gasteiger charge is -2.16. The van der Waals surface area contributed by atoms with Crippen LogP contribution in [0.5, 0.6) is 0 Å². The Kier molecular flexibility index (Phi) is 2.96. The number of aromatic nitrogens is 1. The van der Waals surface area contributed by atoms with Gasteiger partial charge in [0, 0.05) is 6.20 Å². The summed E-state index contributed by atoms with van der Waals surface area (Å²) in [6, 6.07) is 8.84. The molecule has 0 radical (unpaired) electrons. The molecule has 1 aromatic carbocycles. The molecule has 0 saturated carbocycles. The van der Waals surface area contributed by atoms with Crippen LogP contribution in [-0.4, -0.2) is 4.98 Å². The number of anilines is 1.